The summed E-state index contributed by atoms with van der Waals surface area (Å²) in [7, 11) is 3.40. The van der Waals surface area contributed by atoms with E-state index in [-0.39, 0.29) is 11.9 Å². The zero-order valence-corrected chi connectivity index (χ0v) is 16.6. The van der Waals surface area contributed by atoms with E-state index in [2.05, 4.69) is 16.3 Å². The van der Waals surface area contributed by atoms with E-state index in [9.17, 15) is 4.79 Å². The Bertz CT molecular complexity index is 810. The van der Waals surface area contributed by atoms with Gasteiger partial charge in [-0.2, -0.15) is 0 Å². The predicted octanol–water partition coefficient (Wildman–Crippen LogP) is 3.63. The van der Waals surface area contributed by atoms with E-state index in [1.54, 1.807) is 14.2 Å². The fraction of sp³-hybridized carbons (Fsp3) is 0.435. The molecule has 4 rings (SSSR count). The number of nitrogens with zero attached hydrogens (tertiary/aromatic N) is 1. The maximum Gasteiger partial charge on any atom is 0.251 e. The fourth-order valence-electron chi connectivity index (χ4n) is 4.71. The molecule has 0 aliphatic carbocycles. The van der Waals surface area contributed by atoms with Crippen LogP contribution >= 0.6 is 0 Å². The lowest BCUT2D eigenvalue weighted by molar-refractivity contribution is 0.0825. The maximum atomic E-state index is 12.5. The summed E-state index contributed by atoms with van der Waals surface area (Å²) >= 11 is 0. The second kappa shape index (κ2) is 8.23. The van der Waals surface area contributed by atoms with Gasteiger partial charge >= 0.3 is 0 Å². The summed E-state index contributed by atoms with van der Waals surface area (Å²) in [6.07, 6.45) is 4.38. The standard InChI is InChI=1S/C23H28N2O3/c1-27-21-10-11-22(28-2)17(12-21)15-25-19-8-9-20(25)14-18(13-19)24-23(26)16-6-4-3-5-7-16/h3-7,10-12,18-20H,8-9,13-15H2,1-2H3,(H,24,26). The molecule has 1 amide bonds. The molecule has 2 bridgehead atoms. The van der Waals surface area contributed by atoms with Gasteiger partial charge in [-0.25, -0.2) is 0 Å². The summed E-state index contributed by atoms with van der Waals surface area (Å²) in [5, 5.41) is 3.25. The minimum atomic E-state index is 0.0351. The SMILES string of the molecule is COc1ccc(OC)c(CN2C3CCC2CC(NC(=O)c2ccccc2)C3)c1. The first-order valence-corrected chi connectivity index (χ1v) is 10.0. The minimum Gasteiger partial charge on any atom is -0.497 e. The molecule has 1 N–H and O–H groups in total. The summed E-state index contributed by atoms with van der Waals surface area (Å²) < 4.78 is 11.0. The van der Waals surface area contributed by atoms with Gasteiger partial charge in [-0.1, -0.05) is 18.2 Å². The van der Waals surface area contributed by atoms with Crippen molar-refractivity contribution in [3.8, 4) is 11.5 Å². The van der Waals surface area contributed by atoms with Gasteiger partial charge in [0.2, 0.25) is 0 Å². The average Bonchev–Trinajstić information content (AvgIpc) is 2.96. The van der Waals surface area contributed by atoms with Gasteiger partial charge in [0.05, 0.1) is 14.2 Å². The first-order chi connectivity index (χ1) is 13.7. The van der Waals surface area contributed by atoms with E-state index in [4.69, 9.17) is 9.47 Å². The second-order valence-corrected chi connectivity index (χ2v) is 7.74. The number of carbonyl (C=O) groups is 1. The van der Waals surface area contributed by atoms with Crippen molar-refractivity contribution in [1.82, 2.24) is 10.2 Å². The summed E-state index contributed by atoms with van der Waals surface area (Å²) in [6, 6.07) is 16.7. The Morgan fingerprint density at radius 3 is 2.39 bits per heavy atom. The molecule has 2 aliphatic rings. The third-order valence-electron chi connectivity index (χ3n) is 6.10. The van der Waals surface area contributed by atoms with E-state index in [0.29, 0.717) is 12.1 Å². The number of piperidine rings is 1. The highest BCUT2D eigenvalue weighted by Crippen LogP contribution is 2.38. The molecule has 0 spiro atoms. The number of benzene rings is 2. The summed E-state index contributed by atoms with van der Waals surface area (Å²) in [5.41, 5.74) is 1.89. The van der Waals surface area contributed by atoms with E-state index in [1.807, 2.05) is 42.5 Å². The molecule has 28 heavy (non-hydrogen) atoms. The van der Waals surface area contributed by atoms with Crippen molar-refractivity contribution < 1.29 is 14.3 Å². The minimum absolute atomic E-state index is 0.0351. The normalized spacial score (nSPS) is 24.0. The van der Waals surface area contributed by atoms with Gasteiger partial charge in [0.25, 0.3) is 5.91 Å². The van der Waals surface area contributed by atoms with Crippen molar-refractivity contribution in [3.63, 3.8) is 0 Å². The molecule has 2 saturated heterocycles. The highest BCUT2D eigenvalue weighted by Gasteiger charge is 2.41. The summed E-state index contributed by atoms with van der Waals surface area (Å²) in [4.78, 5) is 15.1. The molecule has 2 unspecified atom stereocenters. The molecule has 2 aromatic rings. The van der Waals surface area contributed by atoms with E-state index >= 15 is 0 Å². The Balaban J connectivity index is 1.43. The van der Waals surface area contributed by atoms with Crippen molar-refractivity contribution in [3.05, 3.63) is 59.7 Å². The Morgan fingerprint density at radius 1 is 1.04 bits per heavy atom. The highest BCUT2D eigenvalue weighted by molar-refractivity contribution is 5.94. The molecule has 0 radical (unpaired) electrons. The molecule has 2 atom stereocenters. The Labute approximate surface area is 166 Å². The van der Waals surface area contributed by atoms with Gasteiger partial charge in [-0.05, 0) is 56.0 Å². The third-order valence-corrected chi connectivity index (χ3v) is 6.10. The van der Waals surface area contributed by atoms with Crippen LogP contribution in [-0.4, -0.2) is 43.2 Å². The van der Waals surface area contributed by atoms with E-state index < -0.39 is 0 Å². The number of rotatable bonds is 6. The average molecular weight is 380 g/mol. The molecule has 148 valence electrons. The number of fused-ring (bicyclic) bond motifs is 2. The topological polar surface area (TPSA) is 50.8 Å². The third kappa shape index (κ3) is 3.85. The second-order valence-electron chi connectivity index (χ2n) is 7.74. The van der Waals surface area contributed by atoms with Crippen molar-refractivity contribution in [2.75, 3.05) is 14.2 Å². The van der Waals surface area contributed by atoms with Crippen LogP contribution in [0.15, 0.2) is 48.5 Å². The number of hydrogen-bond donors (Lipinski definition) is 1. The van der Waals surface area contributed by atoms with Crippen LogP contribution in [0.5, 0.6) is 11.5 Å². The Morgan fingerprint density at radius 2 is 1.75 bits per heavy atom. The van der Waals surface area contributed by atoms with E-state index in [0.717, 1.165) is 42.0 Å². The van der Waals surface area contributed by atoms with Crippen molar-refractivity contribution >= 4 is 5.91 Å². The maximum absolute atomic E-state index is 12.5. The molecule has 5 heteroatoms. The number of ether oxygens (including phenoxy) is 2. The van der Waals surface area contributed by atoms with Crippen LogP contribution in [0.4, 0.5) is 0 Å². The van der Waals surface area contributed by atoms with Crippen LogP contribution in [0.3, 0.4) is 0 Å². The van der Waals surface area contributed by atoms with Gasteiger partial charge < -0.3 is 14.8 Å². The van der Waals surface area contributed by atoms with Crippen molar-refractivity contribution in [2.24, 2.45) is 0 Å². The van der Waals surface area contributed by atoms with Crippen LogP contribution in [0.2, 0.25) is 0 Å². The lowest BCUT2D eigenvalue weighted by Gasteiger charge is -2.39. The fourth-order valence-corrected chi connectivity index (χ4v) is 4.71. The lowest BCUT2D eigenvalue weighted by Crippen LogP contribution is -2.50. The molecule has 0 aromatic heterocycles. The Kier molecular flexibility index (Phi) is 5.53. The molecular weight excluding hydrogens is 352 g/mol. The lowest BCUT2D eigenvalue weighted by atomic mass is 9.96. The molecule has 2 fully saturated rings. The van der Waals surface area contributed by atoms with Crippen LogP contribution in [0, 0.1) is 0 Å². The first kappa shape index (κ1) is 18.8. The monoisotopic (exact) mass is 380 g/mol. The summed E-state index contributed by atoms with van der Waals surface area (Å²) in [6.45, 7) is 0.856. The van der Waals surface area contributed by atoms with Gasteiger partial charge in [0.1, 0.15) is 11.5 Å². The molecule has 5 nitrogen and oxygen atoms in total. The van der Waals surface area contributed by atoms with Crippen LogP contribution < -0.4 is 14.8 Å². The number of amides is 1. The van der Waals surface area contributed by atoms with Crippen LogP contribution in [-0.2, 0) is 6.54 Å². The predicted molar refractivity (Wildman–Crippen MR) is 109 cm³/mol. The van der Waals surface area contributed by atoms with Gasteiger partial charge in [0.15, 0.2) is 0 Å². The zero-order valence-electron chi connectivity index (χ0n) is 16.6. The number of hydrogen-bond acceptors (Lipinski definition) is 4. The molecule has 0 saturated carbocycles. The number of methoxy groups -OCH3 is 2. The van der Waals surface area contributed by atoms with Crippen LogP contribution in [0.1, 0.15) is 41.6 Å². The quantitative estimate of drug-likeness (QED) is 0.831. The van der Waals surface area contributed by atoms with Gasteiger partial charge in [0, 0.05) is 35.8 Å². The van der Waals surface area contributed by atoms with Gasteiger partial charge in [-0.3, -0.25) is 9.69 Å². The Hall–Kier alpha value is -2.53. The number of nitrogens with one attached hydrogen (secondary N) is 1. The van der Waals surface area contributed by atoms with Crippen molar-refractivity contribution in [1.29, 1.82) is 0 Å². The van der Waals surface area contributed by atoms with Crippen LogP contribution in [0.25, 0.3) is 0 Å². The number of carbonyl (C=O) groups excluding carboxylic acids is 1. The largest absolute Gasteiger partial charge is 0.497 e. The zero-order chi connectivity index (χ0) is 19.5. The summed E-state index contributed by atoms with van der Waals surface area (Å²) in [5.74, 6) is 1.79. The molecule has 2 aliphatic heterocycles. The molecule has 2 aromatic carbocycles. The first-order valence-electron chi connectivity index (χ1n) is 10.0. The van der Waals surface area contributed by atoms with Crippen molar-refractivity contribution in [2.45, 2.75) is 50.4 Å². The molecule has 2 heterocycles. The smallest absolute Gasteiger partial charge is 0.251 e. The van der Waals surface area contributed by atoms with E-state index in [1.165, 1.54) is 12.8 Å². The highest BCUT2D eigenvalue weighted by atomic mass is 16.5. The van der Waals surface area contributed by atoms with Gasteiger partial charge in [-0.15, -0.1) is 0 Å². The molecular formula is C23H28N2O3.